The fourth-order valence-corrected chi connectivity index (χ4v) is 3.10. The molecule has 0 aromatic heterocycles. The van der Waals surface area contributed by atoms with Gasteiger partial charge in [0.2, 0.25) is 5.91 Å². The van der Waals surface area contributed by atoms with E-state index >= 15 is 0 Å². The molecule has 1 aliphatic rings. The van der Waals surface area contributed by atoms with E-state index in [2.05, 4.69) is 0 Å². The fraction of sp³-hybridized carbons (Fsp3) is 0.364. The third-order valence-corrected chi connectivity index (χ3v) is 4.57. The van der Waals surface area contributed by atoms with Crippen molar-refractivity contribution in [1.29, 1.82) is 0 Å². The molecule has 1 amide bonds. The van der Waals surface area contributed by atoms with Crippen molar-refractivity contribution < 1.29 is 28.5 Å². The summed E-state index contributed by atoms with van der Waals surface area (Å²) in [5, 5.41) is 0. The predicted octanol–water partition coefficient (Wildman–Crippen LogP) is 3.07. The van der Waals surface area contributed by atoms with E-state index in [0.29, 0.717) is 18.9 Å². The summed E-state index contributed by atoms with van der Waals surface area (Å²) >= 11 is 0. The molecule has 1 fully saturated rings. The van der Waals surface area contributed by atoms with Crippen molar-refractivity contribution in [3.8, 4) is 17.2 Å². The maximum absolute atomic E-state index is 12.3. The zero-order chi connectivity index (χ0) is 20.6. The molecule has 29 heavy (non-hydrogen) atoms. The molecule has 7 heteroatoms. The Hall–Kier alpha value is -3.22. The van der Waals surface area contributed by atoms with Crippen molar-refractivity contribution >= 4 is 17.6 Å². The van der Waals surface area contributed by atoms with Crippen LogP contribution in [0.2, 0.25) is 0 Å². The first-order valence-electron chi connectivity index (χ1n) is 9.57. The second kappa shape index (κ2) is 9.82. The van der Waals surface area contributed by atoms with Crippen molar-refractivity contribution in [3.63, 3.8) is 0 Å². The highest BCUT2D eigenvalue weighted by molar-refractivity contribution is 5.99. The lowest BCUT2D eigenvalue weighted by molar-refractivity contribution is -0.149. The molecule has 1 atom stereocenters. The van der Waals surface area contributed by atoms with Crippen LogP contribution in [0.25, 0.3) is 0 Å². The van der Waals surface area contributed by atoms with Crippen LogP contribution >= 0.6 is 0 Å². The number of benzene rings is 2. The van der Waals surface area contributed by atoms with Gasteiger partial charge in [-0.1, -0.05) is 0 Å². The van der Waals surface area contributed by atoms with Gasteiger partial charge in [-0.05, 0) is 55.5 Å². The van der Waals surface area contributed by atoms with Crippen molar-refractivity contribution in [2.75, 3.05) is 38.4 Å². The van der Waals surface area contributed by atoms with Gasteiger partial charge < -0.3 is 23.8 Å². The fourth-order valence-electron chi connectivity index (χ4n) is 3.10. The summed E-state index contributed by atoms with van der Waals surface area (Å²) in [6.45, 7) is 3.17. The summed E-state index contributed by atoms with van der Waals surface area (Å²) in [5.41, 5.74) is 0.747. The number of carbonyl (C=O) groups excluding carboxylic acids is 2. The molecule has 3 rings (SSSR count). The van der Waals surface area contributed by atoms with Gasteiger partial charge in [0.1, 0.15) is 30.5 Å². The topological polar surface area (TPSA) is 74.3 Å². The van der Waals surface area contributed by atoms with Gasteiger partial charge in [0.25, 0.3) is 0 Å². The molecule has 1 heterocycles. The maximum Gasteiger partial charge on any atom is 0.311 e. The number of hydrogen-bond donors (Lipinski definition) is 0. The third-order valence-electron chi connectivity index (χ3n) is 4.57. The molecular formula is C22H25NO6. The molecule has 154 valence electrons. The number of amides is 1. The Kier molecular flexibility index (Phi) is 6.94. The average molecular weight is 399 g/mol. The van der Waals surface area contributed by atoms with Crippen molar-refractivity contribution in [2.24, 2.45) is 5.92 Å². The second-order valence-corrected chi connectivity index (χ2v) is 6.52. The molecule has 0 radical (unpaired) electrons. The first-order chi connectivity index (χ1) is 14.1. The minimum absolute atomic E-state index is 0.0920. The highest BCUT2D eigenvalue weighted by Gasteiger charge is 2.36. The SMILES string of the molecule is CCOc1ccc(N2CC(C(=O)OCCOc3ccc(OC)cc3)CC2=O)cc1. The summed E-state index contributed by atoms with van der Waals surface area (Å²) in [6, 6.07) is 14.4. The highest BCUT2D eigenvalue weighted by atomic mass is 16.6. The Balaban J connectivity index is 1.44. The van der Waals surface area contributed by atoms with Gasteiger partial charge in [-0.2, -0.15) is 0 Å². The lowest BCUT2D eigenvalue weighted by Crippen LogP contribution is -2.26. The van der Waals surface area contributed by atoms with E-state index in [9.17, 15) is 9.59 Å². The smallest absolute Gasteiger partial charge is 0.311 e. The quantitative estimate of drug-likeness (QED) is 0.477. The van der Waals surface area contributed by atoms with Crippen molar-refractivity contribution in [2.45, 2.75) is 13.3 Å². The van der Waals surface area contributed by atoms with E-state index in [4.69, 9.17) is 18.9 Å². The van der Waals surface area contributed by atoms with Gasteiger partial charge in [-0.15, -0.1) is 0 Å². The normalized spacial score (nSPS) is 15.9. The van der Waals surface area contributed by atoms with Gasteiger partial charge in [-0.3, -0.25) is 9.59 Å². The number of nitrogens with zero attached hydrogens (tertiary/aromatic N) is 1. The predicted molar refractivity (Wildman–Crippen MR) is 108 cm³/mol. The maximum atomic E-state index is 12.3. The van der Waals surface area contributed by atoms with Crippen molar-refractivity contribution in [1.82, 2.24) is 0 Å². The molecule has 0 aliphatic carbocycles. The molecular weight excluding hydrogens is 374 g/mol. The van der Waals surface area contributed by atoms with Crippen LogP contribution in [-0.2, 0) is 14.3 Å². The zero-order valence-corrected chi connectivity index (χ0v) is 16.6. The summed E-state index contributed by atoms with van der Waals surface area (Å²) in [7, 11) is 1.60. The van der Waals surface area contributed by atoms with Gasteiger partial charge in [0.05, 0.1) is 19.6 Å². The van der Waals surface area contributed by atoms with E-state index < -0.39 is 5.92 Å². The number of hydrogen-bond acceptors (Lipinski definition) is 6. The summed E-state index contributed by atoms with van der Waals surface area (Å²) in [4.78, 5) is 26.2. The van der Waals surface area contributed by atoms with Gasteiger partial charge in [-0.25, -0.2) is 0 Å². The lowest BCUT2D eigenvalue weighted by Gasteiger charge is -2.17. The Labute approximate surface area is 170 Å². The van der Waals surface area contributed by atoms with Gasteiger partial charge in [0, 0.05) is 18.7 Å². The van der Waals surface area contributed by atoms with E-state index in [0.717, 1.165) is 17.2 Å². The number of esters is 1. The first kappa shape index (κ1) is 20.5. The van der Waals surface area contributed by atoms with Crippen LogP contribution in [0.5, 0.6) is 17.2 Å². The van der Waals surface area contributed by atoms with E-state index in [1.165, 1.54) is 0 Å². The molecule has 7 nitrogen and oxygen atoms in total. The van der Waals surface area contributed by atoms with Crippen LogP contribution in [0, 0.1) is 5.92 Å². The highest BCUT2D eigenvalue weighted by Crippen LogP contribution is 2.27. The number of rotatable bonds is 9. The Morgan fingerprint density at radius 3 is 2.24 bits per heavy atom. The monoisotopic (exact) mass is 399 g/mol. The molecule has 0 N–H and O–H groups in total. The van der Waals surface area contributed by atoms with Crippen LogP contribution in [0.1, 0.15) is 13.3 Å². The number of carbonyl (C=O) groups is 2. The second-order valence-electron chi connectivity index (χ2n) is 6.52. The molecule has 1 saturated heterocycles. The summed E-state index contributed by atoms with van der Waals surface area (Å²) in [6.07, 6.45) is 0.144. The number of methoxy groups -OCH3 is 1. The summed E-state index contributed by atoms with van der Waals surface area (Å²) < 4.78 is 21.3. The average Bonchev–Trinajstić information content (AvgIpc) is 3.14. The van der Waals surface area contributed by atoms with E-state index in [-0.39, 0.29) is 31.5 Å². The molecule has 0 bridgehead atoms. The van der Waals surface area contributed by atoms with Crippen LogP contribution in [-0.4, -0.2) is 45.4 Å². The Bertz CT molecular complexity index is 818. The molecule has 2 aromatic rings. The summed E-state index contributed by atoms with van der Waals surface area (Å²) in [5.74, 6) is 1.20. The van der Waals surface area contributed by atoms with Crippen LogP contribution in [0.15, 0.2) is 48.5 Å². The standard InChI is InChI=1S/C22H25NO6/c1-3-27-19-6-4-17(5-7-19)23-15-16(14-21(23)24)22(25)29-13-12-28-20-10-8-18(26-2)9-11-20/h4-11,16H,3,12-15H2,1-2H3. The van der Waals surface area contributed by atoms with E-state index in [1.807, 2.05) is 31.2 Å². The third kappa shape index (κ3) is 5.40. The minimum Gasteiger partial charge on any atom is -0.497 e. The van der Waals surface area contributed by atoms with Crippen molar-refractivity contribution in [3.05, 3.63) is 48.5 Å². The molecule has 1 unspecified atom stereocenters. The molecule has 2 aromatic carbocycles. The zero-order valence-electron chi connectivity index (χ0n) is 16.6. The molecule has 1 aliphatic heterocycles. The largest absolute Gasteiger partial charge is 0.497 e. The number of anilines is 1. The van der Waals surface area contributed by atoms with E-state index in [1.54, 1.807) is 36.3 Å². The minimum atomic E-state index is -0.477. The van der Waals surface area contributed by atoms with Gasteiger partial charge in [0.15, 0.2) is 0 Å². The Morgan fingerprint density at radius 2 is 1.59 bits per heavy atom. The van der Waals surface area contributed by atoms with Gasteiger partial charge >= 0.3 is 5.97 Å². The lowest BCUT2D eigenvalue weighted by atomic mass is 10.1. The van der Waals surface area contributed by atoms with Crippen LogP contribution in [0.3, 0.4) is 0 Å². The Morgan fingerprint density at radius 1 is 0.966 bits per heavy atom. The van der Waals surface area contributed by atoms with Crippen LogP contribution < -0.4 is 19.1 Å². The van der Waals surface area contributed by atoms with Crippen LogP contribution in [0.4, 0.5) is 5.69 Å². The first-order valence-corrected chi connectivity index (χ1v) is 9.57. The molecule has 0 spiro atoms. The number of ether oxygens (including phenoxy) is 4. The molecule has 0 saturated carbocycles.